The summed E-state index contributed by atoms with van der Waals surface area (Å²) in [6, 6.07) is 0. The van der Waals surface area contributed by atoms with Gasteiger partial charge in [0.05, 0.1) is 4.99 Å². The maximum Gasteiger partial charge on any atom is 0.0970 e. The van der Waals surface area contributed by atoms with E-state index < -0.39 is 0 Å². The van der Waals surface area contributed by atoms with Crippen LogP contribution in [0, 0.1) is 0 Å². The fourth-order valence-electron chi connectivity index (χ4n) is 0.607. The fourth-order valence-corrected chi connectivity index (χ4v) is 0.786. The normalized spacial score (nSPS) is 19.6. The largest absolute Gasteiger partial charge is 0.281 e. The third-order valence-corrected chi connectivity index (χ3v) is 1.49. The van der Waals surface area contributed by atoms with Gasteiger partial charge in [0, 0.05) is 12.6 Å². The molecule has 0 saturated carbocycles. The molecule has 0 aliphatic carbocycles. The first-order valence-corrected chi connectivity index (χ1v) is 2.95. The van der Waals surface area contributed by atoms with E-state index in [1.165, 1.54) is 5.01 Å². The molecule has 1 aliphatic rings. The van der Waals surface area contributed by atoms with Crippen LogP contribution in [-0.2, 0) is 0 Å². The van der Waals surface area contributed by atoms with Crippen LogP contribution in [0.15, 0.2) is 12.3 Å². The molecule has 8 heavy (non-hydrogen) atoms. The van der Waals surface area contributed by atoms with Crippen LogP contribution in [0.25, 0.3) is 0 Å². The standard InChI is InChI=1S/C5H8N2S/c6-7-4-2-1-3-5(7)8/h2,4H,1,3,6H2. The number of nitrogens with two attached hydrogens (primary N) is 1. The molecule has 0 fully saturated rings. The van der Waals surface area contributed by atoms with E-state index in [0.717, 1.165) is 17.8 Å². The zero-order chi connectivity index (χ0) is 5.98. The molecule has 0 unspecified atom stereocenters. The molecule has 0 bridgehead atoms. The molecule has 0 radical (unpaired) electrons. The predicted octanol–water partition coefficient (Wildman–Crippen LogP) is 0.797. The van der Waals surface area contributed by atoms with Gasteiger partial charge < -0.3 is 0 Å². The van der Waals surface area contributed by atoms with Crippen LogP contribution in [0.4, 0.5) is 0 Å². The average molecular weight is 128 g/mol. The average Bonchev–Trinajstić information content (AvgIpc) is 1.77. The molecule has 1 rings (SSSR count). The molecule has 2 N–H and O–H groups in total. The third kappa shape index (κ3) is 1.05. The van der Waals surface area contributed by atoms with E-state index >= 15 is 0 Å². The van der Waals surface area contributed by atoms with Crippen LogP contribution < -0.4 is 5.84 Å². The SMILES string of the molecule is NN1C=CCCC1=S. The summed E-state index contributed by atoms with van der Waals surface area (Å²) >= 11 is 4.88. The maximum atomic E-state index is 5.38. The van der Waals surface area contributed by atoms with Crippen LogP contribution in [0.2, 0.25) is 0 Å². The van der Waals surface area contributed by atoms with Crippen molar-refractivity contribution in [1.29, 1.82) is 0 Å². The van der Waals surface area contributed by atoms with E-state index in [9.17, 15) is 0 Å². The number of hydrogen-bond donors (Lipinski definition) is 1. The summed E-state index contributed by atoms with van der Waals surface area (Å²) in [5.74, 6) is 5.38. The van der Waals surface area contributed by atoms with Gasteiger partial charge in [-0.2, -0.15) is 0 Å². The highest BCUT2D eigenvalue weighted by Crippen LogP contribution is 2.03. The molecule has 44 valence electrons. The zero-order valence-corrected chi connectivity index (χ0v) is 5.32. The summed E-state index contributed by atoms with van der Waals surface area (Å²) in [5, 5.41) is 1.48. The highest BCUT2D eigenvalue weighted by atomic mass is 32.1. The van der Waals surface area contributed by atoms with Crippen LogP contribution in [-0.4, -0.2) is 10.00 Å². The van der Waals surface area contributed by atoms with Crippen molar-refractivity contribution in [1.82, 2.24) is 5.01 Å². The zero-order valence-electron chi connectivity index (χ0n) is 4.50. The van der Waals surface area contributed by atoms with E-state index in [0.29, 0.717) is 0 Å². The quantitative estimate of drug-likeness (QED) is 0.386. The second-order valence-corrected chi connectivity index (χ2v) is 2.20. The minimum atomic E-state index is 0.826. The van der Waals surface area contributed by atoms with Crippen LogP contribution in [0.3, 0.4) is 0 Å². The van der Waals surface area contributed by atoms with Crippen LogP contribution >= 0.6 is 12.2 Å². The Balaban J connectivity index is 2.60. The molecule has 0 saturated heterocycles. The van der Waals surface area contributed by atoms with Gasteiger partial charge in [-0.1, -0.05) is 18.3 Å². The topological polar surface area (TPSA) is 29.3 Å². The van der Waals surface area contributed by atoms with Crippen molar-refractivity contribution in [3.05, 3.63) is 12.3 Å². The smallest absolute Gasteiger partial charge is 0.0970 e. The maximum absolute atomic E-state index is 5.38. The highest BCUT2D eigenvalue weighted by Gasteiger charge is 2.03. The second kappa shape index (κ2) is 2.24. The Hall–Kier alpha value is -0.410. The van der Waals surface area contributed by atoms with Gasteiger partial charge in [-0.3, -0.25) is 5.01 Å². The molecule has 0 aromatic heterocycles. The molecule has 2 nitrogen and oxygen atoms in total. The molecule has 0 atom stereocenters. The minimum Gasteiger partial charge on any atom is -0.281 e. The number of hydrogen-bond acceptors (Lipinski definition) is 2. The number of thiocarbonyl (C=S) groups is 1. The van der Waals surface area contributed by atoms with Crippen LogP contribution in [0.1, 0.15) is 12.8 Å². The van der Waals surface area contributed by atoms with Gasteiger partial charge in [-0.15, -0.1) is 0 Å². The van der Waals surface area contributed by atoms with E-state index in [2.05, 4.69) is 0 Å². The third-order valence-electron chi connectivity index (χ3n) is 1.08. The Bertz CT molecular complexity index is 130. The highest BCUT2D eigenvalue weighted by molar-refractivity contribution is 7.80. The molecular weight excluding hydrogens is 120 g/mol. The number of rotatable bonds is 0. The van der Waals surface area contributed by atoms with Crippen LogP contribution in [0.5, 0.6) is 0 Å². The number of allylic oxidation sites excluding steroid dienone is 1. The lowest BCUT2D eigenvalue weighted by atomic mass is 10.2. The van der Waals surface area contributed by atoms with E-state index in [4.69, 9.17) is 18.1 Å². The van der Waals surface area contributed by atoms with Gasteiger partial charge in [-0.05, 0) is 6.42 Å². The monoisotopic (exact) mass is 128 g/mol. The first-order valence-electron chi connectivity index (χ1n) is 2.54. The van der Waals surface area contributed by atoms with Gasteiger partial charge in [0.15, 0.2) is 0 Å². The summed E-state index contributed by atoms with van der Waals surface area (Å²) in [6.45, 7) is 0. The van der Waals surface area contributed by atoms with Gasteiger partial charge >= 0.3 is 0 Å². The second-order valence-electron chi connectivity index (χ2n) is 1.72. The number of nitrogens with zero attached hydrogens (tertiary/aromatic N) is 1. The lowest BCUT2D eigenvalue weighted by Crippen LogP contribution is -2.32. The predicted molar refractivity (Wildman–Crippen MR) is 37.0 cm³/mol. The Kier molecular flexibility index (Phi) is 1.60. The molecular formula is C5H8N2S. The first kappa shape index (κ1) is 5.72. The summed E-state index contributed by atoms with van der Waals surface area (Å²) in [7, 11) is 0. The molecule has 1 aliphatic heterocycles. The van der Waals surface area contributed by atoms with Gasteiger partial charge in [0.1, 0.15) is 0 Å². The fraction of sp³-hybridized carbons (Fsp3) is 0.400. The van der Waals surface area contributed by atoms with Crippen molar-refractivity contribution in [2.24, 2.45) is 5.84 Å². The molecule has 1 heterocycles. The Labute approximate surface area is 53.9 Å². The molecule has 3 heteroatoms. The van der Waals surface area contributed by atoms with Crippen molar-refractivity contribution in [2.75, 3.05) is 0 Å². The summed E-state index contributed by atoms with van der Waals surface area (Å²) in [5.41, 5.74) is 0. The lowest BCUT2D eigenvalue weighted by molar-refractivity contribution is 0.575. The van der Waals surface area contributed by atoms with Crippen molar-refractivity contribution < 1.29 is 0 Å². The van der Waals surface area contributed by atoms with E-state index in [1.807, 2.05) is 6.08 Å². The molecule has 0 spiro atoms. The summed E-state index contributed by atoms with van der Waals surface area (Å²) in [4.78, 5) is 0.826. The number of hydrazine groups is 1. The van der Waals surface area contributed by atoms with Gasteiger partial charge in [0.25, 0.3) is 0 Å². The Morgan fingerprint density at radius 3 is 2.88 bits per heavy atom. The molecule has 0 amide bonds. The lowest BCUT2D eigenvalue weighted by Gasteiger charge is -2.17. The minimum absolute atomic E-state index is 0.826. The Morgan fingerprint density at radius 2 is 2.50 bits per heavy atom. The van der Waals surface area contributed by atoms with E-state index in [-0.39, 0.29) is 0 Å². The first-order chi connectivity index (χ1) is 3.80. The summed E-state index contributed by atoms with van der Waals surface area (Å²) < 4.78 is 0. The van der Waals surface area contributed by atoms with Gasteiger partial charge in [0.2, 0.25) is 0 Å². The molecule has 0 aromatic carbocycles. The summed E-state index contributed by atoms with van der Waals surface area (Å²) in [6.07, 6.45) is 5.76. The van der Waals surface area contributed by atoms with Crippen molar-refractivity contribution >= 4 is 17.2 Å². The van der Waals surface area contributed by atoms with Crippen molar-refractivity contribution in [2.45, 2.75) is 12.8 Å². The van der Waals surface area contributed by atoms with Gasteiger partial charge in [-0.25, -0.2) is 5.84 Å². The van der Waals surface area contributed by atoms with E-state index in [1.54, 1.807) is 6.20 Å². The van der Waals surface area contributed by atoms with Crippen molar-refractivity contribution in [3.8, 4) is 0 Å². The Morgan fingerprint density at radius 1 is 1.75 bits per heavy atom. The molecule has 0 aromatic rings. The van der Waals surface area contributed by atoms with Crippen molar-refractivity contribution in [3.63, 3.8) is 0 Å².